The van der Waals surface area contributed by atoms with E-state index in [4.69, 9.17) is 0 Å². The highest BCUT2D eigenvalue weighted by Gasteiger charge is 2.30. The lowest BCUT2D eigenvalue weighted by Crippen LogP contribution is -2.60. The maximum absolute atomic E-state index is 11.1. The van der Waals surface area contributed by atoms with Gasteiger partial charge in [0, 0.05) is 19.5 Å². The van der Waals surface area contributed by atoms with E-state index in [1.807, 2.05) is 6.92 Å². The van der Waals surface area contributed by atoms with Crippen molar-refractivity contribution in [3.8, 4) is 0 Å². The molecule has 1 rings (SSSR count). The summed E-state index contributed by atoms with van der Waals surface area (Å²) in [6.07, 6.45) is 0.0823. The summed E-state index contributed by atoms with van der Waals surface area (Å²) in [4.78, 5) is 23.5. The van der Waals surface area contributed by atoms with E-state index in [2.05, 4.69) is 10.1 Å². The number of methoxy groups -OCH3 is 1. The molecule has 0 aliphatic carbocycles. The summed E-state index contributed by atoms with van der Waals surface area (Å²) < 4.78 is 4.43. The maximum Gasteiger partial charge on any atom is 0.407 e. The number of likely N-dealkylation sites (tertiary alicyclic amines) is 1. The number of nitrogens with one attached hydrogen (secondary N) is 1. The minimum Gasteiger partial charge on any atom is -0.453 e. The number of carbonyl (C=O) groups is 2. The Morgan fingerprint density at radius 2 is 2.15 bits per heavy atom. The molecule has 0 spiro atoms. The van der Waals surface area contributed by atoms with Gasteiger partial charge in [-0.25, -0.2) is 4.79 Å². The first kappa shape index (κ1) is 9.83. The summed E-state index contributed by atoms with van der Waals surface area (Å²) in [6.45, 7) is 3.02. The Hall–Kier alpha value is -1.26. The van der Waals surface area contributed by atoms with Gasteiger partial charge in [0.1, 0.15) is 0 Å². The summed E-state index contributed by atoms with van der Waals surface area (Å²) in [5.74, 6) is 0.128. The van der Waals surface area contributed by atoms with Crippen molar-refractivity contribution in [3.05, 3.63) is 0 Å². The largest absolute Gasteiger partial charge is 0.453 e. The van der Waals surface area contributed by atoms with Gasteiger partial charge in [-0.2, -0.15) is 0 Å². The van der Waals surface area contributed by atoms with Crippen LogP contribution >= 0.6 is 0 Å². The fraction of sp³-hybridized carbons (Fsp3) is 0.750. The first-order chi connectivity index (χ1) is 6.17. The topological polar surface area (TPSA) is 58.6 Å². The summed E-state index contributed by atoms with van der Waals surface area (Å²) in [6, 6.07) is 0.0583. The zero-order valence-corrected chi connectivity index (χ0v) is 7.87. The van der Waals surface area contributed by atoms with Crippen LogP contribution in [0, 0.1) is 0 Å². The minimum absolute atomic E-state index is 0.0583. The molecule has 0 radical (unpaired) electrons. The summed E-state index contributed by atoms with van der Waals surface area (Å²) in [7, 11) is 1.32. The predicted octanol–water partition coefficient (Wildman–Crippen LogP) is -0.0368. The molecule has 1 heterocycles. The van der Waals surface area contributed by atoms with Crippen molar-refractivity contribution >= 4 is 12.0 Å². The molecule has 0 aromatic carbocycles. The lowest BCUT2D eigenvalue weighted by atomic mass is 10.1. The minimum atomic E-state index is -0.436. The third-order valence-corrected chi connectivity index (χ3v) is 2.04. The summed E-state index contributed by atoms with van der Waals surface area (Å²) in [5, 5.41) is 2.62. The van der Waals surface area contributed by atoms with Crippen LogP contribution < -0.4 is 5.32 Å². The van der Waals surface area contributed by atoms with E-state index in [1.54, 1.807) is 4.90 Å². The second kappa shape index (κ2) is 4.11. The van der Waals surface area contributed by atoms with Crippen LogP contribution in [0.15, 0.2) is 0 Å². The van der Waals surface area contributed by atoms with Gasteiger partial charge in [0.25, 0.3) is 0 Å². The van der Waals surface area contributed by atoms with E-state index in [9.17, 15) is 9.59 Å². The molecule has 0 saturated carbocycles. The lowest BCUT2D eigenvalue weighted by Gasteiger charge is -2.39. The molecule has 74 valence electrons. The number of amides is 2. The van der Waals surface area contributed by atoms with Crippen molar-refractivity contribution in [1.82, 2.24) is 10.2 Å². The first-order valence-corrected chi connectivity index (χ1v) is 4.29. The number of alkyl carbamates (subject to hydrolysis) is 1. The molecule has 2 amide bonds. The van der Waals surface area contributed by atoms with E-state index in [0.717, 1.165) is 0 Å². The molecule has 13 heavy (non-hydrogen) atoms. The Morgan fingerprint density at radius 1 is 1.54 bits per heavy atom. The Labute approximate surface area is 77.0 Å². The predicted molar refractivity (Wildman–Crippen MR) is 46.2 cm³/mol. The highest BCUT2D eigenvalue weighted by molar-refractivity contribution is 5.77. The van der Waals surface area contributed by atoms with Gasteiger partial charge < -0.3 is 15.0 Å². The third kappa shape index (κ3) is 2.34. The monoisotopic (exact) mass is 186 g/mol. The van der Waals surface area contributed by atoms with Crippen LogP contribution in [0.4, 0.5) is 4.79 Å². The molecule has 1 aliphatic rings. The smallest absolute Gasteiger partial charge is 0.407 e. The van der Waals surface area contributed by atoms with Crippen molar-refractivity contribution in [2.45, 2.75) is 19.4 Å². The van der Waals surface area contributed by atoms with Crippen molar-refractivity contribution in [2.24, 2.45) is 0 Å². The number of hydrogen-bond acceptors (Lipinski definition) is 3. The van der Waals surface area contributed by atoms with Crippen LogP contribution in [0.2, 0.25) is 0 Å². The van der Waals surface area contributed by atoms with Gasteiger partial charge in [0.2, 0.25) is 5.91 Å². The van der Waals surface area contributed by atoms with Crippen molar-refractivity contribution < 1.29 is 14.3 Å². The maximum atomic E-state index is 11.1. The van der Waals surface area contributed by atoms with Crippen LogP contribution in [0.1, 0.15) is 13.3 Å². The number of nitrogens with zero attached hydrogens (tertiary/aromatic N) is 1. The number of carbonyl (C=O) groups excluding carboxylic acids is 2. The average molecular weight is 186 g/mol. The van der Waals surface area contributed by atoms with Gasteiger partial charge in [-0.05, 0) is 0 Å². The van der Waals surface area contributed by atoms with Crippen LogP contribution in [-0.2, 0) is 9.53 Å². The van der Waals surface area contributed by atoms with Gasteiger partial charge in [-0.15, -0.1) is 0 Å². The van der Waals surface area contributed by atoms with Gasteiger partial charge in [-0.3, -0.25) is 4.79 Å². The second-order valence-electron chi connectivity index (χ2n) is 2.99. The van der Waals surface area contributed by atoms with Crippen molar-refractivity contribution in [2.75, 3.05) is 20.2 Å². The fourth-order valence-electron chi connectivity index (χ4n) is 1.22. The Kier molecular flexibility index (Phi) is 3.11. The van der Waals surface area contributed by atoms with E-state index in [1.165, 1.54) is 7.11 Å². The molecule has 0 aromatic heterocycles. The SMILES string of the molecule is CCC(=O)N1CC(NC(=O)OC)C1. The Balaban J connectivity index is 2.18. The molecule has 1 N–H and O–H groups in total. The van der Waals surface area contributed by atoms with Crippen LogP contribution in [0.3, 0.4) is 0 Å². The number of ether oxygens (including phenoxy) is 1. The molecular formula is C8H14N2O3. The lowest BCUT2D eigenvalue weighted by molar-refractivity contribution is -0.135. The van der Waals surface area contributed by atoms with E-state index in [-0.39, 0.29) is 11.9 Å². The van der Waals surface area contributed by atoms with Gasteiger partial charge in [-0.1, -0.05) is 6.92 Å². The summed E-state index contributed by atoms with van der Waals surface area (Å²) in [5.41, 5.74) is 0. The zero-order valence-electron chi connectivity index (χ0n) is 7.87. The highest BCUT2D eigenvalue weighted by atomic mass is 16.5. The van der Waals surface area contributed by atoms with E-state index in [0.29, 0.717) is 19.5 Å². The number of rotatable bonds is 2. The quantitative estimate of drug-likeness (QED) is 0.658. The molecule has 0 atom stereocenters. The van der Waals surface area contributed by atoms with Gasteiger partial charge in [0.05, 0.1) is 13.2 Å². The number of hydrogen-bond donors (Lipinski definition) is 1. The molecule has 0 bridgehead atoms. The average Bonchev–Trinajstić information content (AvgIpc) is 2.08. The fourth-order valence-corrected chi connectivity index (χ4v) is 1.22. The van der Waals surface area contributed by atoms with Gasteiger partial charge in [0.15, 0.2) is 0 Å². The normalized spacial score (nSPS) is 16.3. The first-order valence-electron chi connectivity index (χ1n) is 4.29. The Morgan fingerprint density at radius 3 is 2.62 bits per heavy atom. The molecule has 1 saturated heterocycles. The molecule has 5 nitrogen and oxygen atoms in total. The molecule has 1 aliphatic heterocycles. The second-order valence-corrected chi connectivity index (χ2v) is 2.99. The molecule has 5 heteroatoms. The van der Waals surface area contributed by atoms with Gasteiger partial charge >= 0.3 is 6.09 Å². The van der Waals surface area contributed by atoms with E-state index >= 15 is 0 Å². The van der Waals surface area contributed by atoms with Crippen LogP contribution in [-0.4, -0.2) is 43.1 Å². The Bertz CT molecular complexity index is 211. The van der Waals surface area contributed by atoms with Crippen LogP contribution in [0.25, 0.3) is 0 Å². The molecule has 1 fully saturated rings. The van der Waals surface area contributed by atoms with Crippen molar-refractivity contribution in [1.29, 1.82) is 0 Å². The zero-order chi connectivity index (χ0) is 9.84. The molecular weight excluding hydrogens is 172 g/mol. The highest BCUT2D eigenvalue weighted by Crippen LogP contribution is 2.09. The third-order valence-electron chi connectivity index (χ3n) is 2.04. The van der Waals surface area contributed by atoms with Crippen LogP contribution in [0.5, 0.6) is 0 Å². The molecule has 0 unspecified atom stereocenters. The van der Waals surface area contributed by atoms with Crippen molar-refractivity contribution in [3.63, 3.8) is 0 Å². The standard InChI is InChI=1S/C8H14N2O3/c1-3-7(11)10-4-6(5-10)9-8(12)13-2/h6H,3-5H2,1-2H3,(H,9,12). The van der Waals surface area contributed by atoms with E-state index < -0.39 is 6.09 Å². The summed E-state index contributed by atoms with van der Waals surface area (Å²) >= 11 is 0. The molecule has 0 aromatic rings.